The second-order valence-electron chi connectivity index (χ2n) is 9.07. The van der Waals surface area contributed by atoms with Crippen LogP contribution in [0.3, 0.4) is 0 Å². The molecule has 27 heavy (non-hydrogen) atoms. The van der Waals surface area contributed by atoms with Crippen molar-refractivity contribution in [3.05, 3.63) is 23.3 Å². The minimum atomic E-state index is -0.418. The van der Waals surface area contributed by atoms with Crippen LogP contribution in [0.1, 0.15) is 91.2 Å². The highest BCUT2D eigenvalue weighted by atomic mass is 16.5. The molecule has 1 aliphatic rings. The van der Waals surface area contributed by atoms with Gasteiger partial charge in [0.1, 0.15) is 17.1 Å². The number of fused-ring (bicyclic) bond motifs is 1. The van der Waals surface area contributed by atoms with Crippen molar-refractivity contribution in [1.82, 2.24) is 0 Å². The summed E-state index contributed by atoms with van der Waals surface area (Å²) in [5.74, 6) is 0.879. The molecule has 0 atom stereocenters. The zero-order valence-electron chi connectivity index (χ0n) is 17.8. The molecular formula is C23H35NO3. The first-order valence-corrected chi connectivity index (χ1v) is 10.2. The first-order chi connectivity index (χ1) is 12.6. The number of hydrogen-bond donors (Lipinski definition) is 1. The summed E-state index contributed by atoms with van der Waals surface area (Å²) in [4.78, 5) is 15.8. The van der Waals surface area contributed by atoms with Crippen LogP contribution in [0.25, 0.3) is 0 Å². The summed E-state index contributed by atoms with van der Waals surface area (Å²) in [6.45, 7) is 12.3. The van der Waals surface area contributed by atoms with Crippen LogP contribution in [-0.4, -0.2) is 28.7 Å². The Hall–Kier alpha value is -1.84. The maximum absolute atomic E-state index is 11.4. The molecule has 1 aromatic carbocycles. The minimum Gasteiger partial charge on any atom is -0.507 e. The van der Waals surface area contributed by atoms with E-state index in [9.17, 15) is 9.90 Å². The van der Waals surface area contributed by atoms with E-state index in [0.717, 1.165) is 17.7 Å². The molecule has 0 aliphatic carbocycles. The Morgan fingerprint density at radius 3 is 2.59 bits per heavy atom. The predicted octanol–water partition coefficient (Wildman–Crippen LogP) is 5.58. The number of carbonyl (C=O) groups is 1. The number of carbonyl (C=O) groups excluding carboxylic acids is 1. The van der Waals surface area contributed by atoms with Crippen LogP contribution in [0.4, 0.5) is 0 Å². The normalized spacial score (nSPS) is 17.5. The van der Waals surface area contributed by atoms with Gasteiger partial charge in [0.05, 0.1) is 17.8 Å². The van der Waals surface area contributed by atoms with Gasteiger partial charge >= 0.3 is 0 Å². The first-order valence-electron chi connectivity index (χ1n) is 10.2. The zero-order chi connectivity index (χ0) is 20.2. The van der Waals surface area contributed by atoms with E-state index in [4.69, 9.17) is 4.74 Å². The number of phenolic OH excluding ortho intramolecular Hbond substituents is 1. The summed E-state index contributed by atoms with van der Waals surface area (Å²) in [6.07, 6.45) is 6.54. The van der Waals surface area contributed by atoms with Gasteiger partial charge in [-0.05, 0) is 50.3 Å². The summed E-state index contributed by atoms with van der Waals surface area (Å²) in [6, 6.07) is 3.91. The maximum atomic E-state index is 11.4. The van der Waals surface area contributed by atoms with Gasteiger partial charge in [0, 0.05) is 6.42 Å². The van der Waals surface area contributed by atoms with Crippen molar-refractivity contribution in [3.63, 3.8) is 0 Å². The Labute approximate surface area is 164 Å². The quantitative estimate of drug-likeness (QED) is 0.605. The highest BCUT2D eigenvalue weighted by Crippen LogP contribution is 2.42. The topological polar surface area (TPSA) is 58.9 Å². The van der Waals surface area contributed by atoms with E-state index in [2.05, 4.69) is 31.8 Å². The smallest absolute Gasteiger partial charge is 0.151 e. The molecule has 1 N–H and O–H groups in total. The average molecular weight is 374 g/mol. The van der Waals surface area contributed by atoms with E-state index in [1.54, 1.807) is 0 Å². The van der Waals surface area contributed by atoms with Crippen LogP contribution in [0.5, 0.6) is 11.5 Å². The third kappa shape index (κ3) is 5.57. The maximum Gasteiger partial charge on any atom is 0.151 e. The van der Waals surface area contributed by atoms with Gasteiger partial charge < -0.3 is 9.84 Å². The number of aromatic hydroxyl groups is 1. The lowest BCUT2D eigenvalue weighted by Gasteiger charge is -2.35. The van der Waals surface area contributed by atoms with E-state index in [1.807, 2.05) is 19.9 Å². The lowest BCUT2D eigenvalue weighted by molar-refractivity contribution is -0.115. The third-order valence-electron chi connectivity index (χ3n) is 5.28. The number of hydrogen-bond acceptors (Lipinski definition) is 4. The zero-order valence-corrected chi connectivity index (χ0v) is 17.8. The fraction of sp³-hybridized carbons (Fsp3) is 0.652. The van der Waals surface area contributed by atoms with Gasteiger partial charge in [-0.25, -0.2) is 0 Å². The van der Waals surface area contributed by atoms with Crippen molar-refractivity contribution in [3.8, 4) is 11.5 Å². The number of ether oxygens (including phenoxy) is 1. The van der Waals surface area contributed by atoms with E-state index in [0.29, 0.717) is 17.7 Å². The van der Waals surface area contributed by atoms with Crippen molar-refractivity contribution >= 4 is 11.5 Å². The monoisotopic (exact) mass is 373 g/mol. The van der Waals surface area contributed by atoms with Crippen LogP contribution >= 0.6 is 0 Å². The van der Waals surface area contributed by atoms with Crippen LogP contribution < -0.4 is 4.74 Å². The number of phenols is 1. The number of Topliss-reactive ketones (excluding diaryl/α,β-unsaturated/α-hetero) is 1. The average Bonchev–Trinajstić information content (AvgIpc) is 2.55. The largest absolute Gasteiger partial charge is 0.507 e. The number of aliphatic imine (C=N–C) groups is 1. The van der Waals surface area contributed by atoms with Crippen molar-refractivity contribution in [2.75, 3.05) is 6.54 Å². The van der Waals surface area contributed by atoms with Crippen molar-refractivity contribution in [1.29, 1.82) is 0 Å². The predicted molar refractivity (Wildman–Crippen MR) is 111 cm³/mol. The van der Waals surface area contributed by atoms with E-state index in [1.165, 1.54) is 32.6 Å². The molecule has 0 radical (unpaired) electrons. The number of benzene rings is 1. The molecule has 0 fully saturated rings. The highest BCUT2D eigenvalue weighted by molar-refractivity contribution is 6.07. The molecule has 0 saturated carbocycles. The molecule has 0 aromatic heterocycles. The standard InChI is InChI=1S/C23H35NO3/c1-7-8-9-10-11-22(3,4)17-12-19(26)21-18(24-15-16(2)25)14-23(5,6)27-20(21)13-17/h12-13,26H,7-11,14-15H2,1-6H3. The molecule has 1 heterocycles. The van der Waals surface area contributed by atoms with E-state index < -0.39 is 5.60 Å². The van der Waals surface area contributed by atoms with E-state index >= 15 is 0 Å². The second-order valence-corrected chi connectivity index (χ2v) is 9.07. The highest BCUT2D eigenvalue weighted by Gasteiger charge is 2.34. The molecule has 0 unspecified atom stereocenters. The molecule has 0 amide bonds. The van der Waals surface area contributed by atoms with Gasteiger partial charge in [0.25, 0.3) is 0 Å². The Kier molecular flexibility index (Phi) is 6.72. The Morgan fingerprint density at radius 1 is 1.26 bits per heavy atom. The van der Waals surface area contributed by atoms with Crippen LogP contribution in [0.2, 0.25) is 0 Å². The second kappa shape index (κ2) is 8.45. The third-order valence-corrected chi connectivity index (χ3v) is 5.28. The Bertz CT molecular complexity index is 717. The van der Waals surface area contributed by atoms with Crippen molar-refractivity contribution in [2.24, 2.45) is 4.99 Å². The number of unbranched alkanes of at least 4 members (excludes halogenated alkanes) is 3. The summed E-state index contributed by atoms with van der Waals surface area (Å²) >= 11 is 0. The van der Waals surface area contributed by atoms with Gasteiger partial charge in [0.2, 0.25) is 0 Å². The molecule has 4 nitrogen and oxygen atoms in total. The molecule has 0 spiro atoms. The minimum absolute atomic E-state index is 0.0117. The first kappa shape index (κ1) is 21.5. The van der Waals surface area contributed by atoms with Gasteiger partial charge in [-0.2, -0.15) is 0 Å². The number of rotatable bonds is 8. The van der Waals surface area contributed by atoms with Crippen molar-refractivity contribution < 1.29 is 14.6 Å². The van der Waals surface area contributed by atoms with Gasteiger partial charge in [0.15, 0.2) is 5.78 Å². The van der Waals surface area contributed by atoms with Crippen LogP contribution in [0, 0.1) is 0 Å². The lowest BCUT2D eigenvalue weighted by atomic mass is 9.78. The molecular weight excluding hydrogens is 338 g/mol. The van der Waals surface area contributed by atoms with Gasteiger partial charge in [-0.1, -0.05) is 46.5 Å². The lowest BCUT2D eigenvalue weighted by Crippen LogP contribution is -2.36. The molecule has 150 valence electrons. The Balaban J connectivity index is 2.37. The van der Waals surface area contributed by atoms with Crippen LogP contribution in [-0.2, 0) is 10.2 Å². The van der Waals surface area contributed by atoms with Gasteiger partial charge in [-0.15, -0.1) is 0 Å². The fourth-order valence-corrected chi connectivity index (χ4v) is 3.67. The summed E-state index contributed by atoms with van der Waals surface area (Å²) in [5.41, 5.74) is 2.02. The van der Waals surface area contributed by atoms with Gasteiger partial charge in [-0.3, -0.25) is 9.79 Å². The van der Waals surface area contributed by atoms with Crippen LogP contribution in [0.15, 0.2) is 17.1 Å². The summed E-state index contributed by atoms with van der Waals surface area (Å²) in [5, 5.41) is 10.8. The Morgan fingerprint density at radius 2 is 1.96 bits per heavy atom. The SMILES string of the molecule is CCCCCCC(C)(C)c1cc(O)c2c(c1)OC(C)(C)CC2=NCC(C)=O. The molecule has 2 rings (SSSR count). The molecule has 1 aliphatic heterocycles. The molecule has 4 heteroatoms. The van der Waals surface area contributed by atoms with E-state index in [-0.39, 0.29) is 23.5 Å². The number of ketones is 1. The van der Waals surface area contributed by atoms with Crippen molar-refractivity contribution in [2.45, 2.75) is 91.1 Å². The molecule has 0 bridgehead atoms. The molecule has 1 aromatic rings. The summed E-state index contributed by atoms with van der Waals surface area (Å²) < 4.78 is 6.19. The fourth-order valence-electron chi connectivity index (χ4n) is 3.67. The summed E-state index contributed by atoms with van der Waals surface area (Å²) in [7, 11) is 0. The molecule has 0 saturated heterocycles. The number of nitrogens with zero attached hydrogens (tertiary/aromatic N) is 1.